The molecule has 0 radical (unpaired) electrons. The second kappa shape index (κ2) is 4.63. The van der Waals surface area contributed by atoms with Crippen LogP contribution in [0.5, 0.6) is 0 Å². The third kappa shape index (κ3) is 1.98. The molecule has 0 N–H and O–H groups in total. The van der Waals surface area contributed by atoms with Gasteiger partial charge in [0.05, 0.1) is 3.79 Å². The number of hydrogen-bond acceptors (Lipinski definition) is 3. The molecule has 0 aliphatic carbocycles. The molecule has 0 saturated carbocycles. The van der Waals surface area contributed by atoms with Gasteiger partial charge in [0.25, 0.3) is 0 Å². The Morgan fingerprint density at radius 1 is 1.22 bits per heavy atom. The normalized spacial score (nSPS) is 10.7. The molecule has 0 bridgehead atoms. The monoisotopic (exact) mass is 317 g/mol. The van der Waals surface area contributed by atoms with Gasteiger partial charge in [-0.05, 0) is 27.4 Å². The van der Waals surface area contributed by atoms with Gasteiger partial charge in [0, 0.05) is 34.3 Å². The van der Waals surface area contributed by atoms with Crippen LogP contribution >= 0.6 is 27.3 Å². The number of halogens is 1. The first-order valence-corrected chi connectivity index (χ1v) is 7.04. The van der Waals surface area contributed by atoms with Gasteiger partial charge in [0.2, 0.25) is 0 Å². The smallest absolute Gasteiger partial charge is 0.196 e. The van der Waals surface area contributed by atoms with Crippen molar-refractivity contribution in [1.29, 1.82) is 0 Å². The first-order chi connectivity index (χ1) is 8.75. The number of hydrogen-bond donors (Lipinski definition) is 0. The van der Waals surface area contributed by atoms with Crippen molar-refractivity contribution in [2.45, 2.75) is 0 Å². The third-order valence-corrected chi connectivity index (χ3v) is 4.25. The summed E-state index contributed by atoms with van der Waals surface area (Å²) in [6, 6.07) is 9.63. The summed E-state index contributed by atoms with van der Waals surface area (Å²) < 4.78 is 0.957. The van der Waals surface area contributed by atoms with Gasteiger partial charge in [-0.1, -0.05) is 24.3 Å². The van der Waals surface area contributed by atoms with E-state index in [-0.39, 0.29) is 5.78 Å². The first-order valence-electron chi connectivity index (χ1n) is 5.37. The van der Waals surface area contributed by atoms with Crippen LogP contribution in [-0.2, 0) is 0 Å². The fourth-order valence-corrected chi connectivity index (χ4v) is 3.02. The van der Waals surface area contributed by atoms with E-state index in [1.165, 1.54) is 11.3 Å². The van der Waals surface area contributed by atoms with Crippen molar-refractivity contribution >= 4 is 43.8 Å². The summed E-state index contributed by atoms with van der Waals surface area (Å²) in [4.78, 5) is 16.6. The minimum atomic E-state index is 0.0150. The van der Waals surface area contributed by atoms with Crippen LogP contribution in [0.3, 0.4) is 0 Å². The average Bonchev–Trinajstić information content (AvgIpc) is 2.84. The van der Waals surface area contributed by atoms with Crippen molar-refractivity contribution in [1.82, 2.24) is 4.98 Å². The van der Waals surface area contributed by atoms with E-state index in [4.69, 9.17) is 0 Å². The topological polar surface area (TPSA) is 30.0 Å². The maximum absolute atomic E-state index is 12.4. The lowest BCUT2D eigenvalue weighted by Gasteiger charge is -2.03. The van der Waals surface area contributed by atoms with E-state index in [0.29, 0.717) is 11.1 Å². The van der Waals surface area contributed by atoms with Crippen LogP contribution in [0.2, 0.25) is 0 Å². The van der Waals surface area contributed by atoms with Crippen LogP contribution < -0.4 is 0 Å². The van der Waals surface area contributed by atoms with Crippen molar-refractivity contribution in [3.8, 4) is 0 Å². The molecule has 4 heteroatoms. The van der Waals surface area contributed by atoms with Gasteiger partial charge in [-0.3, -0.25) is 9.78 Å². The molecule has 0 aliphatic heterocycles. The van der Waals surface area contributed by atoms with Gasteiger partial charge in [-0.25, -0.2) is 0 Å². The Kier molecular flexibility index (Phi) is 2.97. The van der Waals surface area contributed by atoms with E-state index < -0.39 is 0 Å². The van der Waals surface area contributed by atoms with Crippen LogP contribution in [-0.4, -0.2) is 10.8 Å². The second-order valence-corrected chi connectivity index (χ2v) is 6.17. The molecule has 3 rings (SSSR count). The average molecular weight is 318 g/mol. The lowest BCUT2D eigenvalue weighted by molar-refractivity contribution is 0.104. The minimum absolute atomic E-state index is 0.0150. The van der Waals surface area contributed by atoms with Crippen molar-refractivity contribution in [2.24, 2.45) is 0 Å². The predicted molar refractivity (Wildman–Crippen MR) is 77.2 cm³/mol. The van der Waals surface area contributed by atoms with Crippen molar-refractivity contribution in [3.05, 3.63) is 63.0 Å². The molecule has 88 valence electrons. The number of aromatic nitrogens is 1. The largest absolute Gasteiger partial charge is 0.288 e. The van der Waals surface area contributed by atoms with E-state index in [2.05, 4.69) is 20.9 Å². The molecular formula is C14H8BrNOS. The van der Waals surface area contributed by atoms with Crippen molar-refractivity contribution in [2.75, 3.05) is 0 Å². The Labute approximate surface area is 116 Å². The molecule has 0 fully saturated rings. The molecule has 2 heterocycles. The van der Waals surface area contributed by atoms with Gasteiger partial charge in [-0.15, -0.1) is 11.3 Å². The summed E-state index contributed by atoms with van der Waals surface area (Å²) in [5.41, 5.74) is 1.35. The number of pyridine rings is 1. The Morgan fingerprint density at radius 2 is 2.06 bits per heavy atom. The molecule has 3 aromatic rings. The number of rotatable bonds is 2. The van der Waals surface area contributed by atoms with E-state index >= 15 is 0 Å². The van der Waals surface area contributed by atoms with Gasteiger partial charge in [0.1, 0.15) is 0 Å². The summed E-state index contributed by atoms with van der Waals surface area (Å²) in [5, 5.41) is 3.78. The van der Waals surface area contributed by atoms with Gasteiger partial charge < -0.3 is 0 Å². The fourth-order valence-electron chi connectivity index (χ4n) is 1.88. The number of ketones is 1. The van der Waals surface area contributed by atoms with E-state index in [1.807, 2.05) is 35.7 Å². The third-order valence-electron chi connectivity index (χ3n) is 2.74. The quantitative estimate of drug-likeness (QED) is 0.660. The Balaban J connectivity index is 2.17. The van der Waals surface area contributed by atoms with E-state index in [9.17, 15) is 4.79 Å². The van der Waals surface area contributed by atoms with Gasteiger partial charge in [0.15, 0.2) is 5.78 Å². The highest BCUT2D eigenvalue weighted by Crippen LogP contribution is 2.25. The molecule has 0 unspecified atom stereocenters. The number of nitrogens with zero attached hydrogens (tertiary/aromatic N) is 1. The lowest BCUT2D eigenvalue weighted by atomic mass is 10.0. The molecular weight excluding hydrogens is 310 g/mol. The highest BCUT2D eigenvalue weighted by Gasteiger charge is 2.14. The highest BCUT2D eigenvalue weighted by molar-refractivity contribution is 9.11. The van der Waals surface area contributed by atoms with Crippen LogP contribution in [0.4, 0.5) is 0 Å². The molecule has 0 spiro atoms. The maximum atomic E-state index is 12.4. The number of fused-ring (bicyclic) bond motifs is 1. The SMILES string of the molecule is O=C(c1csc(Br)c1)c1cncc2ccccc12. The maximum Gasteiger partial charge on any atom is 0.196 e. The zero-order chi connectivity index (χ0) is 12.5. The predicted octanol–water partition coefficient (Wildman–Crippen LogP) is 4.29. The van der Waals surface area contributed by atoms with E-state index in [0.717, 1.165) is 14.6 Å². The first kappa shape index (κ1) is 11.6. The number of thiophene rings is 1. The molecule has 1 aromatic carbocycles. The van der Waals surface area contributed by atoms with Gasteiger partial charge >= 0.3 is 0 Å². The zero-order valence-electron chi connectivity index (χ0n) is 9.26. The summed E-state index contributed by atoms with van der Waals surface area (Å²) >= 11 is 4.88. The molecule has 2 aromatic heterocycles. The molecule has 0 aliphatic rings. The summed E-state index contributed by atoms with van der Waals surface area (Å²) in [6.45, 7) is 0. The highest BCUT2D eigenvalue weighted by atomic mass is 79.9. The van der Waals surface area contributed by atoms with Crippen molar-refractivity contribution in [3.63, 3.8) is 0 Å². The second-order valence-electron chi connectivity index (χ2n) is 3.88. The number of carbonyl (C=O) groups is 1. The molecule has 0 atom stereocenters. The number of carbonyl (C=O) groups excluding carboxylic acids is 1. The van der Waals surface area contributed by atoms with Crippen LogP contribution in [0.15, 0.2) is 51.9 Å². The summed E-state index contributed by atoms with van der Waals surface area (Å²) in [5.74, 6) is 0.0150. The molecule has 0 saturated heterocycles. The molecule has 18 heavy (non-hydrogen) atoms. The summed E-state index contributed by atoms with van der Waals surface area (Å²) in [7, 11) is 0. The Morgan fingerprint density at radius 3 is 2.83 bits per heavy atom. The van der Waals surface area contributed by atoms with Crippen molar-refractivity contribution < 1.29 is 4.79 Å². The number of benzene rings is 1. The zero-order valence-corrected chi connectivity index (χ0v) is 11.7. The minimum Gasteiger partial charge on any atom is -0.288 e. The van der Waals surface area contributed by atoms with Crippen LogP contribution in [0.25, 0.3) is 10.8 Å². The van der Waals surface area contributed by atoms with Crippen LogP contribution in [0, 0.1) is 0 Å². The molecule has 0 amide bonds. The van der Waals surface area contributed by atoms with Crippen LogP contribution in [0.1, 0.15) is 15.9 Å². The van der Waals surface area contributed by atoms with Gasteiger partial charge in [-0.2, -0.15) is 0 Å². The Hall–Kier alpha value is -1.52. The van der Waals surface area contributed by atoms with E-state index in [1.54, 1.807) is 12.4 Å². The summed E-state index contributed by atoms with van der Waals surface area (Å²) in [6.07, 6.45) is 3.41. The standard InChI is InChI=1S/C14H8BrNOS/c15-13-5-10(8-18-13)14(17)12-7-16-6-9-3-1-2-4-11(9)12/h1-8H. The fraction of sp³-hybridized carbons (Fsp3) is 0. The molecule has 2 nitrogen and oxygen atoms in total. The Bertz CT molecular complexity index is 730. The lowest BCUT2D eigenvalue weighted by Crippen LogP contribution is -2.01.